The minimum absolute atomic E-state index is 0.0171. The monoisotopic (exact) mass is 412 g/mol. The summed E-state index contributed by atoms with van der Waals surface area (Å²) in [5.41, 5.74) is 0.933. The molecule has 8 nitrogen and oxygen atoms in total. The van der Waals surface area contributed by atoms with Crippen LogP contribution in [0.4, 0.5) is 0 Å². The molecule has 1 aliphatic rings. The number of carbonyl (C=O) groups excluding carboxylic acids is 2. The largest absolute Gasteiger partial charge is 0.481 e. The van der Waals surface area contributed by atoms with E-state index in [-0.39, 0.29) is 29.1 Å². The van der Waals surface area contributed by atoms with Gasteiger partial charge in [0, 0.05) is 25.2 Å². The van der Waals surface area contributed by atoms with E-state index in [0.29, 0.717) is 31.8 Å². The molecule has 1 atom stereocenters. The summed E-state index contributed by atoms with van der Waals surface area (Å²) in [7, 11) is 0. The van der Waals surface area contributed by atoms with Gasteiger partial charge in [-0.2, -0.15) is 5.10 Å². The van der Waals surface area contributed by atoms with Crippen LogP contribution < -0.4 is 15.6 Å². The zero-order chi connectivity index (χ0) is 21.7. The molecule has 0 radical (unpaired) electrons. The predicted octanol–water partition coefficient (Wildman–Crippen LogP) is 2.08. The Morgan fingerprint density at radius 3 is 2.47 bits per heavy atom. The molecule has 30 heavy (non-hydrogen) atoms. The van der Waals surface area contributed by atoms with Crippen molar-refractivity contribution in [1.29, 1.82) is 0 Å². The SMILES string of the molecule is CC(Oc1ccccc1C(C)C)C(=O)NC1CCN(C(=O)c2ccc(=O)[nH]n2)CC1. The molecule has 2 amide bonds. The summed E-state index contributed by atoms with van der Waals surface area (Å²) >= 11 is 0. The van der Waals surface area contributed by atoms with Gasteiger partial charge in [0.25, 0.3) is 17.4 Å². The van der Waals surface area contributed by atoms with Gasteiger partial charge in [-0.25, -0.2) is 5.10 Å². The van der Waals surface area contributed by atoms with Crippen molar-refractivity contribution in [3.05, 3.63) is 58.0 Å². The standard InChI is InChI=1S/C22H28N4O4/c1-14(2)17-6-4-5-7-19(17)30-15(3)21(28)23-16-10-12-26(13-11-16)22(29)18-8-9-20(27)25-24-18/h4-9,14-16H,10-13H2,1-3H3,(H,23,28)(H,25,27). The summed E-state index contributed by atoms with van der Waals surface area (Å²) in [4.78, 5) is 37.9. The highest BCUT2D eigenvalue weighted by atomic mass is 16.5. The Balaban J connectivity index is 1.51. The maximum Gasteiger partial charge on any atom is 0.274 e. The van der Waals surface area contributed by atoms with Gasteiger partial charge in [-0.3, -0.25) is 14.4 Å². The highest BCUT2D eigenvalue weighted by Crippen LogP contribution is 2.26. The second-order valence-corrected chi connectivity index (χ2v) is 7.83. The van der Waals surface area contributed by atoms with E-state index < -0.39 is 6.10 Å². The van der Waals surface area contributed by atoms with Gasteiger partial charge >= 0.3 is 0 Å². The number of amides is 2. The van der Waals surface area contributed by atoms with Gasteiger partial charge in [-0.05, 0) is 43.4 Å². The average Bonchev–Trinajstić information content (AvgIpc) is 2.74. The fourth-order valence-electron chi connectivity index (χ4n) is 3.48. The fraction of sp³-hybridized carbons (Fsp3) is 0.455. The summed E-state index contributed by atoms with van der Waals surface area (Å²) in [6, 6.07) is 10.4. The molecule has 2 N–H and O–H groups in total. The minimum atomic E-state index is -0.616. The number of likely N-dealkylation sites (tertiary alicyclic amines) is 1. The Morgan fingerprint density at radius 1 is 1.13 bits per heavy atom. The Hall–Kier alpha value is -3.16. The maximum atomic E-state index is 12.6. The molecule has 1 aromatic carbocycles. The normalized spacial score (nSPS) is 15.7. The third-order valence-corrected chi connectivity index (χ3v) is 5.24. The summed E-state index contributed by atoms with van der Waals surface area (Å²) in [5, 5.41) is 9.09. The van der Waals surface area contributed by atoms with Gasteiger partial charge in [0.15, 0.2) is 6.10 Å². The number of hydrogen-bond donors (Lipinski definition) is 2. The van der Waals surface area contributed by atoms with Crippen molar-refractivity contribution in [3.63, 3.8) is 0 Å². The van der Waals surface area contributed by atoms with Crippen molar-refractivity contribution in [1.82, 2.24) is 20.4 Å². The van der Waals surface area contributed by atoms with Crippen molar-refractivity contribution in [2.75, 3.05) is 13.1 Å². The number of rotatable bonds is 6. The number of carbonyl (C=O) groups is 2. The Labute approximate surface area is 175 Å². The molecule has 3 rings (SSSR count). The number of H-pyrrole nitrogens is 1. The first-order valence-electron chi connectivity index (χ1n) is 10.3. The first-order valence-corrected chi connectivity index (χ1v) is 10.3. The van der Waals surface area contributed by atoms with Crippen LogP contribution in [-0.2, 0) is 4.79 Å². The second-order valence-electron chi connectivity index (χ2n) is 7.83. The van der Waals surface area contributed by atoms with E-state index in [0.717, 1.165) is 11.3 Å². The summed E-state index contributed by atoms with van der Waals surface area (Å²) in [5.74, 6) is 0.637. The van der Waals surface area contributed by atoms with Crippen LogP contribution in [-0.4, -0.2) is 52.1 Å². The number of benzene rings is 1. The lowest BCUT2D eigenvalue weighted by molar-refractivity contribution is -0.128. The molecule has 1 unspecified atom stereocenters. The molecule has 0 saturated carbocycles. The van der Waals surface area contributed by atoms with Crippen molar-refractivity contribution in [3.8, 4) is 5.75 Å². The lowest BCUT2D eigenvalue weighted by Crippen LogP contribution is -2.49. The van der Waals surface area contributed by atoms with Crippen molar-refractivity contribution >= 4 is 11.8 Å². The van der Waals surface area contributed by atoms with Gasteiger partial charge in [0.2, 0.25) is 0 Å². The van der Waals surface area contributed by atoms with Gasteiger partial charge in [-0.15, -0.1) is 0 Å². The van der Waals surface area contributed by atoms with Crippen LogP contribution in [0.5, 0.6) is 5.75 Å². The fourth-order valence-corrected chi connectivity index (χ4v) is 3.48. The van der Waals surface area contributed by atoms with E-state index in [2.05, 4.69) is 29.4 Å². The predicted molar refractivity (Wildman–Crippen MR) is 113 cm³/mol. The Morgan fingerprint density at radius 2 is 1.83 bits per heavy atom. The summed E-state index contributed by atoms with van der Waals surface area (Å²) < 4.78 is 5.92. The Kier molecular flexibility index (Phi) is 6.87. The van der Waals surface area contributed by atoms with E-state index in [1.807, 2.05) is 24.3 Å². The molecule has 1 aromatic heterocycles. The highest BCUT2D eigenvalue weighted by Gasteiger charge is 2.27. The number of ether oxygens (including phenoxy) is 1. The number of nitrogens with one attached hydrogen (secondary N) is 2. The van der Waals surface area contributed by atoms with E-state index in [4.69, 9.17) is 4.74 Å². The van der Waals surface area contributed by atoms with E-state index in [1.165, 1.54) is 12.1 Å². The van der Waals surface area contributed by atoms with Crippen molar-refractivity contribution < 1.29 is 14.3 Å². The quantitative estimate of drug-likeness (QED) is 0.756. The minimum Gasteiger partial charge on any atom is -0.481 e. The smallest absolute Gasteiger partial charge is 0.274 e. The molecular weight excluding hydrogens is 384 g/mol. The molecule has 2 heterocycles. The summed E-state index contributed by atoms with van der Waals surface area (Å²) in [6.45, 7) is 6.94. The van der Waals surface area contributed by atoms with Crippen LogP contribution in [0.15, 0.2) is 41.2 Å². The molecule has 8 heteroatoms. The third kappa shape index (κ3) is 5.25. The summed E-state index contributed by atoms with van der Waals surface area (Å²) in [6.07, 6.45) is 0.682. The Bertz CT molecular complexity index is 928. The van der Waals surface area contributed by atoms with Gasteiger partial charge in [-0.1, -0.05) is 32.0 Å². The molecule has 1 saturated heterocycles. The number of aromatic nitrogens is 2. The average molecular weight is 412 g/mol. The third-order valence-electron chi connectivity index (χ3n) is 5.24. The number of hydrogen-bond acceptors (Lipinski definition) is 5. The van der Waals surface area contributed by atoms with Gasteiger partial charge in [0.1, 0.15) is 11.4 Å². The number of nitrogens with zero attached hydrogens (tertiary/aromatic N) is 2. The van der Waals surface area contributed by atoms with Crippen LogP contribution in [0.3, 0.4) is 0 Å². The van der Waals surface area contributed by atoms with Crippen LogP contribution in [0.2, 0.25) is 0 Å². The van der Waals surface area contributed by atoms with E-state index in [9.17, 15) is 14.4 Å². The molecule has 160 valence electrons. The first kappa shape index (κ1) is 21.5. The molecule has 0 bridgehead atoms. The number of aromatic amines is 1. The molecular formula is C22H28N4O4. The lowest BCUT2D eigenvalue weighted by Gasteiger charge is -2.32. The van der Waals surface area contributed by atoms with Crippen LogP contribution in [0, 0.1) is 0 Å². The van der Waals surface area contributed by atoms with Crippen LogP contribution in [0.1, 0.15) is 55.6 Å². The van der Waals surface area contributed by atoms with Gasteiger partial charge in [0.05, 0.1) is 0 Å². The van der Waals surface area contributed by atoms with Crippen LogP contribution in [0.25, 0.3) is 0 Å². The van der Waals surface area contributed by atoms with Gasteiger partial charge < -0.3 is 15.0 Å². The van der Waals surface area contributed by atoms with Crippen molar-refractivity contribution in [2.45, 2.75) is 51.7 Å². The lowest BCUT2D eigenvalue weighted by atomic mass is 10.0. The molecule has 0 aliphatic carbocycles. The van der Waals surface area contributed by atoms with Crippen LogP contribution >= 0.6 is 0 Å². The number of piperidine rings is 1. The first-order chi connectivity index (χ1) is 14.3. The molecule has 2 aromatic rings. The van der Waals surface area contributed by atoms with E-state index in [1.54, 1.807) is 11.8 Å². The molecule has 1 aliphatic heterocycles. The zero-order valence-electron chi connectivity index (χ0n) is 17.6. The topological polar surface area (TPSA) is 104 Å². The van der Waals surface area contributed by atoms with E-state index >= 15 is 0 Å². The zero-order valence-corrected chi connectivity index (χ0v) is 17.6. The highest BCUT2D eigenvalue weighted by molar-refractivity contribution is 5.92. The molecule has 1 fully saturated rings. The molecule has 0 spiro atoms. The number of para-hydroxylation sites is 1. The van der Waals surface area contributed by atoms with Crippen molar-refractivity contribution in [2.24, 2.45) is 0 Å². The maximum absolute atomic E-state index is 12.6. The second kappa shape index (κ2) is 9.56.